The third-order valence-corrected chi connectivity index (χ3v) is 7.75. The van der Waals surface area contributed by atoms with Crippen molar-refractivity contribution >= 4 is 29.6 Å². The van der Waals surface area contributed by atoms with Crippen LogP contribution in [0.15, 0.2) is 53.1 Å². The molecule has 2 aromatic rings. The van der Waals surface area contributed by atoms with E-state index in [1.54, 1.807) is 39.8 Å². The van der Waals surface area contributed by atoms with Crippen LogP contribution in [-0.4, -0.2) is 83.6 Å². The lowest BCUT2D eigenvalue weighted by molar-refractivity contribution is -0.141. The van der Waals surface area contributed by atoms with E-state index in [-0.39, 0.29) is 49.4 Å². The first-order valence-corrected chi connectivity index (χ1v) is 15.2. The fraction of sp³-hybridized carbons (Fsp3) is 0.500. The summed E-state index contributed by atoms with van der Waals surface area (Å²) in [4.78, 5) is 66.7. The Bertz CT molecular complexity index is 1390. The largest absolute Gasteiger partial charge is 0.488 e. The number of likely N-dealkylation sites (tertiary alicyclic amines) is 1. The Balaban J connectivity index is 1.56. The van der Waals surface area contributed by atoms with Gasteiger partial charge < -0.3 is 34.8 Å². The summed E-state index contributed by atoms with van der Waals surface area (Å²) in [6.07, 6.45) is 3.28. The van der Waals surface area contributed by atoms with E-state index >= 15 is 0 Å². The molecule has 0 saturated carbocycles. The number of carbonyl (C=O) groups excluding carboxylic acids is 5. The molecule has 13 nitrogen and oxygen atoms in total. The highest BCUT2D eigenvalue weighted by Crippen LogP contribution is 2.26. The highest BCUT2D eigenvalue weighted by atomic mass is 16.5. The molecule has 0 spiro atoms. The van der Waals surface area contributed by atoms with E-state index in [0.717, 1.165) is 0 Å². The van der Waals surface area contributed by atoms with Crippen LogP contribution >= 0.6 is 0 Å². The first-order valence-electron chi connectivity index (χ1n) is 15.2. The number of nitrogens with zero attached hydrogens (tertiary/aromatic N) is 2. The standard InChI is InChI=1S/C32H41N5O8/c1-5-43-27(38)12-11-22(16-21-13-14-33-29(21)39)34-31(41)26-17-24(44-23-9-7-6-8-10-23)18-37(26)32(42)28(19(2)3)35-30(40)25-15-20(4)45-36-25/h6-12,15,19,21-22,24,26,28H,5,13-14,16-18H2,1-4H3,(H,33,39)(H,34,41)(H,35,40)/b12-11+/t21-,22+,24+,26-,28-/m0/s1. The molecule has 13 heteroatoms. The van der Waals surface area contributed by atoms with Gasteiger partial charge in [-0.15, -0.1) is 0 Å². The second-order valence-electron chi connectivity index (χ2n) is 11.6. The molecule has 1 aromatic carbocycles. The molecule has 2 aliphatic heterocycles. The van der Waals surface area contributed by atoms with Gasteiger partial charge in [-0.3, -0.25) is 19.2 Å². The van der Waals surface area contributed by atoms with Crippen molar-refractivity contribution in [2.24, 2.45) is 11.8 Å². The first kappa shape index (κ1) is 33.2. The molecule has 1 aromatic heterocycles. The number of aromatic nitrogens is 1. The number of para-hydroxylation sites is 1. The van der Waals surface area contributed by atoms with Crippen molar-refractivity contribution in [2.75, 3.05) is 19.7 Å². The fourth-order valence-corrected chi connectivity index (χ4v) is 5.47. The van der Waals surface area contributed by atoms with Crippen molar-refractivity contribution in [3.63, 3.8) is 0 Å². The SMILES string of the molecule is CCOC(=O)/C=C/[C@H](C[C@@H]1CCNC1=O)NC(=O)[C@@H]1C[C@@H](Oc2ccccc2)CN1C(=O)[C@@H](NC(=O)c1cc(C)on1)C(C)C. The van der Waals surface area contributed by atoms with E-state index in [1.165, 1.54) is 23.1 Å². The van der Waals surface area contributed by atoms with Crippen LogP contribution in [-0.2, 0) is 23.9 Å². The molecule has 2 fully saturated rings. The second kappa shape index (κ2) is 15.4. The zero-order valence-electron chi connectivity index (χ0n) is 26.0. The zero-order valence-corrected chi connectivity index (χ0v) is 26.0. The molecule has 45 heavy (non-hydrogen) atoms. The minimum Gasteiger partial charge on any atom is -0.488 e. The smallest absolute Gasteiger partial charge is 0.330 e. The first-order chi connectivity index (χ1) is 21.5. The highest BCUT2D eigenvalue weighted by Gasteiger charge is 2.44. The lowest BCUT2D eigenvalue weighted by atomic mass is 9.97. The highest BCUT2D eigenvalue weighted by molar-refractivity contribution is 5.97. The topological polar surface area (TPSA) is 169 Å². The van der Waals surface area contributed by atoms with Gasteiger partial charge in [0.15, 0.2) is 5.69 Å². The monoisotopic (exact) mass is 623 g/mol. The maximum absolute atomic E-state index is 14.1. The molecule has 3 heterocycles. The van der Waals surface area contributed by atoms with Gasteiger partial charge in [0, 0.05) is 37.1 Å². The van der Waals surface area contributed by atoms with Crippen LogP contribution in [0.5, 0.6) is 5.75 Å². The number of ether oxygens (including phenoxy) is 2. The van der Waals surface area contributed by atoms with E-state index in [4.69, 9.17) is 14.0 Å². The van der Waals surface area contributed by atoms with Crippen LogP contribution < -0.4 is 20.7 Å². The molecule has 2 aliphatic rings. The van der Waals surface area contributed by atoms with Gasteiger partial charge in [-0.25, -0.2) is 4.79 Å². The normalized spacial score (nSPS) is 21.0. The van der Waals surface area contributed by atoms with Gasteiger partial charge in [-0.2, -0.15) is 0 Å². The number of hydrogen-bond donors (Lipinski definition) is 3. The molecule has 0 radical (unpaired) electrons. The fourth-order valence-electron chi connectivity index (χ4n) is 5.47. The summed E-state index contributed by atoms with van der Waals surface area (Å²) in [5.41, 5.74) is 0.0409. The number of carbonyl (C=O) groups is 5. The summed E-state index contributed by atoms with van der Waals surface area (Å²) >= 11 is 0. The summed E-state index contributed by atoms with van der Waals surface area (Å²) < 4.78 is 16.2. The maximum atomic E-state index is 14.1. The van der Waals surface area contributed by atoms with Crippen molar-refractivity contribution in [2.45, 2.75) is 71.2 Å². The van der Waals surface area contributed by atoms with Crippen molar-refractivity contribution in [3.8, 4) is 5.75 Å². The predicted octanol–water partition coefficient (Wildman–Crippen LogP) is 1.92. The van der Waals surface area contributed by atoms with Gasteiger partial charge in [0.2, 0.25) is 17.7 Å². The molecule has 3 N–H and O–H groups in total. The molecule has 4 amide bonds. The Kier molecular flexibility index (Phi) is 11.3. The average molecular weight is 624 g/mol. The molecule has 0 unspecified atom stereocenters. The molecule has 5 atom stereocenters. The molecular formula is C32H41N5O8. The second-order valence-corrected chi connectivity index (χ2v) is 11.6. The molecular weight excluding hydrogens is 582 g/mol. The number of rotatable bonds is 13. The van der Waals surface area contributed by atoms with Crippen LogP contribution in [0.4, 0.5) is 0 Å². The molecule has 242 valence electrons. The molecule has 2 saturated heterocycles. The van der Waals surface area contributed by atoms with E-state index < -0.39 is 47.9 Å². The van der Waals surface area contributed by atoms with Crippen LogP contribution in [0.2, 0.25) is 0 Å². The minimum absolute atomic E-state index is 0.0409. The lowest BCUT2D eigenvalue weighted by Gasteiger charge is -2.31. The molecule has 0 aliphatic carbocycles. The Morgan fingerprint density at radius 1 is 1.18 bits per heavy atom. The van der Waals surface area contributed by atoms with Gasteiger partial charge in [-0.1, -0.05) is 43.3 Å². The summed E-state index contributed by atoms with van der Waals surface area (Å²) in [6, 6.07) is 7.96. The van der Waals surface area contributed by atoms with E-state index in [1.807, 2.05) is 18.2 Å². The van der Waals surface area contributed by atoms with Gasteiger partial charge in [-0.05, 0) is 44.7 Å². The Hall–Kier alpha value is -4.68. The lowest BCUT2D eigenvalue weighted by Crippen LogP contribution is -2.56. The number of benzene rings is 1. The van der Waals surface area contributed by atoms with Gasteiger partial charge in [0.05, 0.1) is 13.2 Å². The maximum Gasteiger partial charge on any atom is 0.330 e. The quantitative estimate of drug-likeness (QED) is 0.223. The number of nitrogens with one attached hydrogen (secondary N) is 3. The third kappa shape index (κ3) is 8.93. The van der Waals surface area contributed by atoms with Crippen molar-refractivity contribution in [1.29, 1.82) is 0 Å². The van der Waals surface area contributed by atoms with E-state index in [9.17, 15) is 24.0 Å². The Morgan fingerprint density at radius 2 is 1.93 bits per heavy atom. The average Bonchev–Trinajstić information content (AvgIpc) is 3.75. The van der Waals surface area contributed by atoms with Crippen LogP contribution in [0.25, 0.3) is 0 Å². The summed E-state index contributed by atoms with van der Waals surface area (Å²) in [6.45, 7) is 7.76. The molecule has 4 rings (SSSR count). The van der Waals surface area contributed by atoms with Crippen LogP contribution in [0.1, 0.15) is 56.3 Å². The van der Waals surface area contributed by atoms with Gasteiger partial charge in [0.1, 0.15) is 29.7 Å². The van der Waals surface area contributed by atoms with E-state index in [0.29, 0.717) is 24.5 Å². The van der Waals surface area contributed by atoms with E-state index in [2.05, 4.69) is 21.1 Å². The third-order valence-electron chi connectivity index (χ3n) is 7.75. The number of amides is 4. The van der Waals surface area contributed by atoms with Gasteiger partial charge >= 0.3 is 5.97 Å². The zero-order chi connectivity index (χ0) is 32.5. The predicted molar refractivity (Wildman–Crippen MR) is 162 cm³/mol. The number of aryl methyl sites for hydroxylation is 1. The van der Waals surface area contributed by atoms with Crippen molar-refractivity contribution in [1.82, 2.24) is 26.0 Å². The summed E-state index contributed by atoms with van der Waals surface area (Å²) in [5.74, 6) is -1.82. The number of esters is 1. The van der Waals surface area contributed by atoms with Crippen LogP contribution in [0, 0.1) is 18.8 Å². The Morgan fingerprint density at radius 3 is 2.56 bits per heavy atom. The van der Waals surface area contributed by atoms with Crippen LogP contribution in [0.3, 0.4) is 0 Å². The van der Waals surface area contributed by atoms with Crippen molar-refractivity contribution < 1.29 is 38.0 Å². The summed E-state index contributed by atoms with van der Waals surface area (Å²) in [5, 5.41) is 12.2. The van der Waals surface area contributed by atoms with Gasteiger partial charge in [0.25, 0.3) is 5.91 Å². The number of hydrogen-bond acceptors (Lipinski definition) is 9. The Labute approximate surface area is 262 Å². The molecule has 0 bridgehead atoms. The summed E-state index contributed by atoms with van der Waals surface area (Å²) in [7, 11) is 0. The van der Waals surface area contributed by atoms with Crippen molar-refractivity contribution in [3.05, 3.63) is 60.0 Å². The minimum atomic E-state index is -0.970.